The number of imide groups is 1. The van der Waals surface area contributed by atoms with Crippen LogP contribution in [0.25, 0.3) is 0 Å². The molecule has 8 nitrogen and oxygen atoms in total. The summed E-state index contributed by atoms with van der Waals surface area (Å²) >= 11 is 6.09. The van der Waals surface area contributed by atoms with Crippen LogP contribution in [0.1, 0.15) is 53.1 Å². The molecule has 1 atom stereocenters. The second-order valence-corrected chi connectivity index (χ2v) is 11.4. The Kier molecular flexibility index (Phi) is 6.14. The number of benzene rings is 2. The SMILES string of the molecule is O=C1CCC(N2Cc3cc(C4CCN(S(=O)(=O)c5ccccc5Cl)CC4)c(F)cc3C2=O)C(=O)N1. The minimum Gasteiger partial charge on any atom is -0.322 e. The fourth-order valence-corrected chi connectivity index (χ4v) is 7.08. The maximum absolute atomic E-state index is 15.1. The standard InChI is InChI=1S/C24H23ClFN3O5S/c25-18-3-1-2-4-21(18)35(33,34)28-9-7-14(8-10-28)16-11-15-13-29(24(32)17(15)12-19(16)26)20-5-6-22(30)27-23(20)31/h1-4,11-12,14,20H,5-10,13H2,(H,27,30,31). The summed E-state index contributed by atoms with van der Waals surface area (Å²) in [6.45, 7) is 0.597. The summed E-state index contributed by atoms with van der Waals surface area (Å²) in [5, 5.41) is 2.41. The normalized spacial score (nSPS) is 21.8. The van der Waals surface area contributed by atoms with E-state index in [0.29, 0.717) is 24.0 Å². The van der Waals surface area contributed by atoms with Gasteiger partial charge in [-0.2, -0.15) is 4.31 Å². The van der Waals surface area contributed by atoms with Gasteiger partial charge >= 0.3 is 0 Å². The Balaban J connectivity index is 1.32. The van der Waals surface area contributed by atoms with Gasteiger partial charge in [0.2, 0.25) is 21.8 Å². The van der Waals surface area contributed by atoms with Gasteiger partial charge in [-0.25, -0.2) is 12.8 Å². The Hall–Kier alpha value is -2.82. The maximum atomic E-state index is 15.1. The molecule has 5 rings (SSSR count). The van der Waals surface area contributed by atoms with Crippen LogP contribution >= 0.6 is 11.6 Å². The van der Waals surface area contributed by atoms with Crippen LogP contribution < -0.4 is 5.32 Å². The fourth-order valence-electron chi connectivity index (χ4n) is 5.12. The highest BCUT2D eigenvalue weighted by Gasteiger charge is 2.40. The number of rotatable bonds is 4. The van der Waals surface area contributed by atoms with Gasteiger partial charge in [0.1, 0.15) is 16.8 Å². The number of amides is 3. The van der Waals surface area contributed by atoms with E-state index in [9.17, 15) is 22.8 Å². The number of piperidine rings is 2. The molecule has 3 heterocycles. The molecule has 184 valence electrons. The largest absolute Gasteiger partial charge is 0.322 e. The van der Waals surface area contributed by atoms with Crippen LogP contribution in [0.15, 0.2) is 41.3 Å². The zero-order chi connectivity index (χ0) is 24.9. The molecule has 2 aromatic carbocycles. The molecule has 3 amide bonds. The first-order chi connectivity index (χ1) is 16.7. The number of hydrogen-bond acceptors (Lipinski definition) is 5. The number of nitrogens with zero attached hydrogens (tertiary/aromatic N) is 2. The van der Waals surface area contributed by atoms with Gasteiger partial charge in [-0.05, 0) is 54.5 Å². The van der Waals surface area contributed by atoms with E-state index in [1.54, 1.807) is 18.2 Å². The van der Waals surface area contributed by atoms with Crippen molar-refractivity contribution in [3.05, 3.63) is 63.9 Å². The zero-order valence-corrected chi connectivity index (χ0v) is 20.2. The highest BCUT2D eigenvalue weighted by molar-refractivity contribution is 7.89. The molecule has 3 aliphatic rings. The molecule has 1 N–H and O–H groups in total. The maximum Gasteiger partial charge on any atom is 0.255 e. The van der Waals surface area contributed by atoms with Crippen molar-refractivity contribution in [2.75, 3.05) is 13.1 Å². The summed E-state index contributed by atoms with van der Waals surface area (Å²) in [6.07, 6.45) is 1.22. The second kappa shape index (κ2) is 9.00. The molecule has 0 spiro atoms. The molecule has 1 unspecified atom stereocenters. The second-order valence-electron chi connectivity index (χ2n) is 9.04. The highest BCUT2D eigenvalue weighted by Crippen LogP contribution is 2.37. The topological polar surface area (TPSA) is 104 Å². The van der Waals surface area contributed by atoms with Crippen molar-refractivity contribution in [2.45, 2.75) is 49.1 Å². The summed E-state index contributed by atoms with van der Waals surface area (Å²) in [5.41, 5.74) is 1.29. The molecule has 0 radical (unpaired) electrons. The van der Waals surface area contributed by atoms with Gasteiger partial charge in [0.15, 0.2) is 0 Å². The lowest BCUT2D eigenvalue weighted by Gasteiger charge is -2.32. The number of fused-ring (bicyclic) bond motifs is 1. The molecule has 2 saturated heterocycles. The molecule has 0 saturated carbocycles. The van der Waals surface area contributed by atoms with Gasteiger partial charge in [-0.3, -0.25) is 19.7 Å². The predicted octanol–water partition coefficient (Wildman–Crippen LogP) is 2.81. The van der Waals surface area contributed by atoms with Crippen molar-refractivity contribution in [3.63, 3.8) is 0 Å². The smallest absolute Gasteiger partial charge is 0.255 e. The van der Waals surface area contributed by atoms with Crippen LogP contribution in [0.3, 0.4) is 0 Å². The van der Waals surface area contributed by atoms with E-state index in [1.807, 2.05) is 0 Å². The van der Waals surface area contributed by atoms with Crippen LogP contribution in [-0.2, 0) is 26.2 Å². The van der Waals surface area contributed by atoms with Crippen molar-refractivity contribution < 1.29 is 27.2 Å². The van der Waals surface area contributed by atoms with E-state index in [1.165, 1.54) is 27.4 Å². The van der Waals surface area contributed by atoms with E-state index < -0.39 is 33.7 Å². The van der Waals surface area contributed by atoms with Gasteiger partial charge < -0.3 is 4.90 Å². The van der Waals surface area contributed by atoms with Crippen molar-refractivity contribution >= 4 is 39.3 Å². The summed E-state index contributed by atoms with van der Waals surface area (Å²) in [7, 11) is -3.76. The molecule has 11 heteroatoms. The Labute approximate surface area is 207 Å². The number of sulfonamides is 1. The fraction of sp³-hybridized carbons (Fsp3) is 0.375. The van der Waals surface area contributed by atoms with E-state index in [4.69, 9.17) is 11.6 Å². The minimum absolute atomic E-state index is 0.0517. The lowest BCUT2D eigenvalue weighted by atomic mass is 9.88. The lowest BCUT2D eigenvalue weighted by molar-refractivity contribution is -0.136. The zero-order valence-electron chi connectivity index (χ0n) is 18.7. The van der Waals surface area contributed by atoms with Crippen LogP contribution in [0.4, 0.5) is 4.39 Å². The molecular formula is C24H23ClFN3O5S. The molecule has 2 aromatic rings. The quantitative estimate of drug-likeness (QED) is 0.626. The van der Waals surface area contributed by atoms with Gasteiger partial charge in [-0.15, -0.1) is 0 Å². The average molecular weight is 520 g/mol. The first kappa shape index (κ1) is 23.9. The Morgan fingerprint density at radius 1 is 1.03 bits per heavy atom. The summed E-state index contributed by atoms with van der Waals surface area (Å²) in [4.78, 5) is 38.0. The third-order valence-corrected chi connectivity index (χ3v) is 9.39. The number of nitrogens with one attached hydrogen (secondary N) is 1. The average Bonchev–Trinajstić information content (AvgIpc) is 3.14. The Bertz CT molecular complexity index is 1340. The van der Waals surface area contributed by atoms with Crippen LogP contribution in [-0.4, -0.2) is 54.5 Å². The molecule has 2 fully saturated rings. The molecule has 0 aliphatic carbocycles. The van der Waals surface area contributed by atoms with Gasteiger partial charge in [-0.1, -0.05) is 29.8 Å². The Morgan fingerprint density at radius 3 is 2.43 bits per heavy atom. The van der Waals surface area contributed by atoms with Gasteiger partial charge in [0.05, 0.1) is 5.02 Å². The molecule has 0 aromatic heterocycles. The van der Waals surface area contributed by atoms with Crippen molar-refractivity contribution in [2.24, 2.45) is 0 Å². The van der Waals surface area contributed by atoms with Crippen LogP contribution in [0.5, 0.6) is 0 Å². The number of carbonyl (C=O) groups excluding carboxylic acids is 3. The first-order valence-corrected chi connectivity index (χ1v) is 13.2. The van der Waals surface area contributed by atoms with Crippen LogP contribution in [0.2, 0.25) is 5.02 Å². The third kappa shape index (κ3) is 4.23. The molecule has 0 bridgehead atoms. The first-order valence-electron chi connectivity index (χ1n) is 11.4. The van der Waals surface area contributed by atoms with E-state index in [-0.39, 0.29) is 59.8 Å². The molecule has 3 aliphatic heterocycles. The highest BCUT2D eigenvalue weighted by atomic mass is 35.5. The van der Waals surface area contributed by atoms with Gasteiger partial charge in [0, 0.05) is 31.6 Å². The van der Waals surface area contributed by atoms with Crippen molar-refractivity contribution in [1.82, 2.24) is 14.5 Å². The summed E-state index contributed by atoms with van der Waals surface area (Å²) in [6, 6.07) is 8.39. The monoisotopic (exact) mass is 519 g/mol. The van der Waals surface area contributed by atoms with Crippen molar-refractivity contribution in [3.8, 4) is 0 Å². The number of hydrogen-bond donors (Lipinski definition) is 1. The van der Waals surface area contributed by atoms with Crippen LogP contribution in [0, 0.1) is 5.82 Å². The van der Waals surface area contributed by atoms with E-state index >= 15 is 4.39 Å². The lowest BCUT2D eigenvalue weighted by Crippen LogP contribution is -2.52. The number of carbonyl (C=O) groups is 3. The number of halogens is 2. The summed E-state index contributed by atoms with van der Waals surface area (Å²) in [5.74, 6) is -2.05. The van der Waals surface area contributed by atoms with E-state index in [2.05, 4.69) is 5.32 Å². The predicted molar refractivity (Wildman–Crippen MR) is 125 cm³/mol. The minimum atomic E-state index is -3.76. The molecular weight excluding hydrogens is 497 g/mol. The van der Waals surface area contributed by atoms with Crippen molar-refractivity contribution in [1.29, 1.82) is 0 Å². The Morgan fingerprint density at radius 2 is 1.74 bits per heavy atom. The molecule has 35 heavy (non-hydrogen) atoms. The van der Waals surface area contributed by atoms with E-state index in [0.717, 1.165) is 0 Å². The van der Waals surface area contributed by atoms with Gasteiger partial charge in [0.25, 0.3) is 5.91 Å². The summed E-state index contributed by atoms with van der Waals surface area (Å²) < 4.78 is 42.5. The third-order valence-electron chi connectivity index (χ3n) is 6.99.